The first-order valence-corrected chi connectivity index (χ1v) is 7.02. The molecule has 0 saturated carbocycles. The van der Waals surface area contributed by atoms with Gasteiger partial charge in [-0.05, 0) is 23.8 Å². The molecule has 2 rings (SSSR count). The molecule has 112 valence electrons. The molecule has 0 amide bonds. The van der Waals surface area contributed by atoms with Crippen molar-refractivity contribution in [2.75, 3.05) is 6.54 Å². The second kappa shape index (κ2) is 6.60. The Balaban J connectivity index is 2.39. The van der Waals surface area contributed by atoms with Crippen LogP contribution < -0.4 is 5.73 Å². The minimum absolute atomic E-state index is 0.0290. The maximum absolute atomic E-state index is 13.8. The fourth-order valence-electron chi connectivity index (χ4n) is 2.14. The van der Waals surface area contributed by atoms with Crippen LogP contribution in [0.25, 0.3) is 0 Å². The number of halogens is 4. The van der Waals surface area contributed by atoms with Gasteiger partial charge in [0.25, 0.3) is 0 Å². The van der Waals surface area contributed by atoms with Gasteiger partial charge in [0.2, 0.25) is 0 Å². The van der Waals surface area contributed by atoms with Crippen molar-refractivity contribution >= 4 is 15.9 Å². The van der Waals surface area contributed by atoms with Crippen LogP contribution in [0.15, 0.2) is 40.9 Å². The highest BCUT2D eigenvalue weighted by atomic mass is 79.9. The summed E-state index contributed by atoms with van der Waals surface area (Å²) in [5, 5.41) is 10.3. The zero-order chi connectivity index (χ0) is 15.6. The van der Waals surface area contributed by atoms with Crippen molar-refractivity contribution in [1.82, 2.24) is 0 Å². The van der Waals surface area contributed by atoms with Crippen LogP contribution in [0.4, 0.5) is 13.2 Å². The van der Waals surface area contributed by atoms with Crippen molar-refractivity contribution in [3.63, 3.8) is 0 Å². The van der Waals surface area contributed by atoms with Crippen molar-refractivity contribution in [1.29, 1.82) is 0 Å². The molecule has 0 saturated heterocycles. The molecule has 0 aliphatic rings. The molecule has 3 N–H and O–H groups in total. The predicted molar refractivity (Wildman–Crippen MR) is 77.2 cm³/mol. The molecule has 2 aromatic rings. The summed E-state index contributed by atoms with van der Waals surface area (Å²) < 4.78 is 40.8. The van der Waals surface area contributed by atoms with Crippen LogP contribution in [0.3, 0.4) is 0 Å². The minimum Gasteiger partial charge on any atom is -0.388 e. The average Bonchev–Trinajstić information content (AvgIpc) is 2.47. The van der Waals surface area contributed by atoms with Crippen molar-refractivity contribution < 1.29 is 18.3 Å². The summed E-state index contributed by atoms with van der Waals surface area (Å²) in [6.45, 7) is 0.0290. The topological polar surface area (TPSA) is 46.2 Å². The molecule has 0 bridgehead atoms. The lowest BCUT2D eigenvalue weighted by Gasteiger charge is -2.23. The van der Waals surface area contributed by atoms with Gasteiger partial charge in [-0.1, -0.05) is 34.1 Å². The third-order valence-electron chi connectivity index (χ3n) is 3.32. The molecule has 0 aliphatic carbocycles. The lowest BCUT2D eigenvalue weighted by Crippen LogP contribution is -2.21. The zero-order valence-corrected chi connectivity index (χ0v) is 12.4. The molecule has 0 aromatic heterocycles. The van der Waals surface area contributed by atoms with Crippen LogP contribution in [0.2, 0.25) is 0 Å². The van der Waals surface area contributed by atoms with Gasteiger partial charge in [0, 0.05) is 22.5 Å². The zero-order valence-electron chi connectivity index (χ0n) is 10.9. The van der Waals surface area contributed by atoms with E-state index in [1.54, 1.807) is 24.3 Å². The van der Waals surface area contributed by atoms with E-state index in [0.717, 1.165) is 16.6 Å². The summed E-state index contributed by atoms with van der Waals surface area (Å²) in [6.07, 6.45) is -1.37. The summed E-state index contributed by atoms with van der Waals surface area (Å²) in [5.74, 6) is -4.91. The molecule has 0 fully saturated rings. The number of benzene rings is 2. The predicted octanol–water partition coefficient (Wildman–Crippen LogP) is 3.64. The summed E-state index contributed by atoms with van der Waals surface area (Å²) in [4.78, 5) is 0. The molecular weight excluding hydrogens is 347 g/mol. The van der Waals surface area contributed by atoms with E-state index in [-0.39, 0.29) is 12.1 Å². The van der Waals surface area contributed by atoms with Crippen LogP contribution in [0, 0.1) is 17.5 Å². The summed E-state index contributed by atoms with van der Waals surface area (Å²) in [5.41, 5.74) is 6.00. The smallest absolute Gasteiger partial charge is 0.194 e. The van der Waals surface area contributed by atoms with E-state index < -0.39 is 29.5 Å². The van der Waals surface area contributed by atoms with Crippen molar-refractivity contribution in [2.24, 2.45) is 5.73 Å². The Morgan fingerprint density at radius 3 is 2.19 bits per heavy atom. The van der Waals surface area contributed by atoms with Gasteiger partial charge in [0.15, 0.2) is 17.5 Å². The fourth-order valence-corrected chi connectivity index (χ4v) is 2.41. The van der Waals surface area contributed by atoms with Gasteiger partial charge < -0.3 is 10.8 Å². The Labute approximate surface area is 128 Å². The lowest BCUT2D eigenvalue weighted by atomic mass is 9.89. The molecule has 0 aliphatic heterocycles. The maximum atomic E-state index is 13.8. The van der Waals surface area contributed by atoms with E-state index in [4.69, 9.17) is 5.73 Å². The second-order valence-corrected chi connectivity index (χ2v) is 5.52. The summed E-state index contributed by atoms with van der Waals surface area (Å²) in [6, 6.07) is 8.77. The Morgan fingerprint density at radius 2 is 1.62 bits per heavy atom. The third-order valence-corrected chi connectivity index (χ3v) is 3.85. The highest BCUT2D eigenvalue weighted by molar-refractivity contribution is 9.10. The van der Waals surface area contributed by atoms with Gasteiger partial charge in [-0.25, -0.2) is 13.2 Å². The van der Waals surface area contributed by atoms with Crippen LogP contribution in [-0.2, 0) is 0 Å². The van der Waals surface area contributed by atoms with Gasteiger partial charge in [-0.3, -0.25) is 0 Å². The van der Waals surface area contributed by atoms with Gasteiger partial charge in [0.1, 0.15) is 0 Å². The first-order valence-electron chi connectivity index (χ1n) is 6.22. The molecule has 2 nitrogen and oxygen atoms in total. The number of aliphatic hydroxyl groups excluding tert-OH is 1. The number of nitrogens with two attached hydrogens (primary N) is 1. The lowest BCUT2D eigenvalue weighted by molar-refractivity contribution is 0.141. The van der Waals surface area contributed by atoms with E-state index in [1.165, 1.54) is 0 Å². The summed E-state index contributed by atoms with van der Waals surface area (Å²) in [7, 11) is 0. The number of hydrogen-bond donors (Lipinski definition) is 2. The van der Waals surface area contributed by atoms with Crippen LogP contribution in [-0.4, -0.2) is 11.7 Å². The van der Waals surface area contributed by atoms with Crippen molar-refractivity contribution in [2.45, 2.75) is 12.0 Å². The SMILES string of the molecule is NCC(c1ccc(Br)cc1)C(O)c1ccc(F)c(F)c1F. The van der Waals surface area contributed by atoms with Crippen molar-refractivity contribution in [3.8, 4) is 0 Å². The first-order chi connectivity index (χ1) is 9.95. The van der Waals surface area contributed by atoms with E-state index in [1.807, 2.05) is 0 Å². The Bertz CT molecular complexity index is 634. The largest absolute Gasteiger partial charge is 0.388 e. The van der Waals surface area contributed by atoms with E-state index in [9.17, 15) is 18.3 Å². The normalized spacial score (nSPS) is 14.0. The van der Waals surface area contributed by atoms with Crippen LogP contribution in [0.1, 0.15) is 23.1 Å². The Morgan fingerprint density at radius 1 is 1.00 bits per heavy atom. The van der Waals surface area contributed by atoms with Gasteiger partial charge in [-0.2, -0.15) is 0 Å². The molecule has 6 heteroatoms. The molecule has 0 radical (unpaired) electrons. The monoisotopic (exact) mass is 359 g/mol. The number of aliphatic hydroxyl groups is 1. The molecule has 0 heterocycles. The van der Waals surface area contributed by atoms with Crippen molar-refractivity contribution in [3.05, 3.63) is 69.4 Å². The molecule has 2 unspecified atom stereocenters. The van der Waals surface area contributed by atoms with Crippen LogP contribution >= 0.6 is 15.9 Å². The second-order valence-electron chi connectivity index (χ2n) is 4.60. The van der Waals surface area contributed by atoms with Gasteiger partial charge in [-0.15, -0.1) is 0 Å². The molecule has 2 atom stereocenters. The quantitative estimate of drug-likeness (QED) is 0.818. The van der Waals surface area contributed by atoms with Crippen LogP contribution in [0.5, 0.6) is 0 Å². The number of rotatable bonds is 4. The highest BCUT2D eigenvalue weighted by Gasteiger charge is 2.26. The average molecular weight is 360 g/mol. The Kier molecular flexibility index (Phi) is 5.03. The standard InChI is InChI=1S/C15H13BrF3NO/c16-9-3-1-8(2-4-9)11(7-20)15(21)10-5-6-12(17)14(19)13(10)18/h1-6,11,15,21H,7,20H2. The van der Waals surface area contributed by atoms with E-state index in [0.29, 0.717) is 5.56 Å². The first kappa shape index (κ1) is 16.0. The number of hydrogen-bond acceptors (Lipinski definition) is 2. The Hall–Kier alpha value is -1.37. The van der Waals surface area contributed by atoms with Gasteiger partial charge >= 0.3 is 0 Å². The molecular formula is C15H13BrF3NO. The third kappa shape index (κ3) is 3.28. The van der Waals surface area contributed by atoms with E-state index in [2.05, 4.69) is 15.9 Å². The maximum Gasteiger partial charge on any atom is 0.194 e. The highest BCUT2D eigenvalue weighted by Crippen LogP contribution is 2.33. The summed E-state index contributed by atoms with van der Waals surface area (Å²) >= 11 is 3.28. The minimum atomic E-state index is -1.60. The van der Waals surface area contributed by atoms with E-state index >= 15 is 0 Å². The van der Waals surface area contributed by atoms with Gasteiger partial charge in [0.05, 0.1) is 6.10 Å². The molecule has 21 heavy (non-hydrogen) atoms. The molecule has 0 spiro atoms. The molecule has 2 aromatic carbocycles. The fraction of sp³-hybridized carbons (Fsp3) is 0.200.